The summed E-state index contributed by atoms with van der Waals surface area (Å²) >= 11 is 1.46. The van der Waals surface area contributed by atoms with E-state index in [2.05, 4.69) is 0 Å². The molecule has 2 rings (SSSR count). The van der Waals surface area contributed by atoms with Crippen LogP contribution in [0.4, 0.5) is 0 Å². The number of nitrogens with zero attached hydrogens (tertiary/aromatic N) is 1. The van der Waals surface area contributed by atoms with Gasteiger partial charge in [0, 0.05) is 10.9 Å². The Morgan fingerprint density at radius 1 is 1.58 bits per heavy atom. The molecule has 2 heterocycles. The summed E-state index contributed by atoms with van der Waals surface area (Å²) in [6.07, 6.45) is -1.00. The molecule has 1 aliphatic rings. The molecule has 2 atom stereocenters. The van der Waals surface area contributed by atoms with Crippen LogP contribution in [-0.4, -0.2) is 40.6 Å². The van der Waals surface area contributed by atoms with Crippen molar-refractivity contribution in [2.75, 3.05) is 6.61 Å². The topological polar surface area (TPSA) is 66.8 Å². The molecule has 19 heavy (non-hydrogen) atoms. The molecule has 6 heteroatoms. The average molecular weight is 283 g/mol. The summed E-state index contributed by atoms with van der Waals surface area (Å²) in [5.41, 5.74) is 0.991. The van der Waals surface area contributed by atoms with Gasteiger partial charge in [0.1, 0.15) is 12.6 Å². The smallest absolute Gasteiger partial charge is 0.335 e. The summed E-state index contributed by atoms with van der Waals surface area (Å²) in [6.45, 7) is 5.52. The van der Waals surface area contributed by atoms with Gasteiger partial charge < -0.3 is 14.7 Å². The van der Waals surface area contributed by atoms with Crippen molar-refractivity contribution in [3.63, 3.8) is 0 Å². The number of hydrogen-bond donors (Lipinski definition) is 1. The molecule has 1 fully saturated rings. The molecule has 0 bridgehead atoms. The molecule has 0 saturated carbocycles. The minimum Gasteiger partial charge on any atom is -0.479 e. The Morgan fingerprint density at radius 3 is 2.74 bits per heavy atom. The van der Waals surface area contributed by atoms with E-state index >= 15 is 0 Å². The van der Waals surface area contributed by atoms with Crippen molar-refractivity contribution in [1.29, 1.82) is 0 Å². The van der Waals surface area contributed by atoms with Crippen LogP contribution in [0.1, 0.15) is 30.3 Å². The lowest BCUT2D eigenvalue weighted by Gasteiger charge is -2.41. The lowest BCUT2D eigenvalue weighted by Crippen LogP contribution is -2.54. The van der Waals surface area contributed by atoms with Gasteiger partial charge in [-0.1, -0.05) is 0 Å². The highest BCUT2D eigenvalue weighted by molar-refractivity contribution is 7.10. The normalized spacial score (nSPS) is 24.0. The number of morpholine rings is 1. The van der Waals surface area contributed by atoms with Crippen molar-refractivity contribution >= 4 is 23.2 Å². The molecule has 1 aromatic heterocycles. The molecule has 0 radical (unpaired) electrons. The second-order valence-corrected chi connectivity index (χ2v) is 5.82. The monoisotopic (exact) mass is 283 g/mol. The third-order valence-electron chi connectivity index (χ3n) is 3.23. The Hall–Kier alpha value is -1.40. The molecular weight excluding hydrogens is 266 g/mol. The van der Waals surface area contributed by atoms with E-state index in [0.29, 0.717) is 0 Å². The van der Waals surface area contributed by atoms with Crippen molar-refractivity contribution in [2.24, 2.45) is 0 Å². The zero-order valence-corrected chi connectivity index (χ0v) is 11.9. The summed E-state index contributed by atoms with van der Waals surface area (Å²) in [6, 6.07) is 1.32. The number of amides is 1. The molecule has 1 saturated heterocycles. The molecule has 1 aromatic rings. The SMILES string of the molecule is Cc1ccsc1C1C(C(=O)O)OCC(=O)N1C(C)C. The lowest BCUT2D eigenvalue weighted by atomic mass is 10.0. The standard InChI is InChI=1S/C13H17NO4S/c1-7(2)14-9(15)6-18-11(13(16)17)10(14)12-8(3)4-5-19-12/h4-5,7,10-11H,6H2,1-3H3,(H,16,17). The molecule has 0 aromatic carbocycles. The molecule has 1 amide bonds. The van der Waals surface area contributed by atoms with Crippen LogP contribution in [-0.2, 0) is 14.3 Å². The van der Waals surface area contributed by atoms with Gasteiger partial charge in [-0.2, -0.15) is 0 Å². The van der Waals surface area contributed by atoms with Gasteiger partial charge >= 0.3 is 5.97 Å². The van der Waals surface area contributed by atoms with E-state index in [-0.39, 0.29) is 18.6 Å². The van der Waals surface area contributed by atoms with E-state index in [1.54, 1.807) is 4.90 Å². The number of carbonyl (C=O) groups is 2. The summed E-state index contributed by atoms with van der Waals surface area (Å²) in [5, 5.41) is 11.2. The van der Waals surface area contributed by atoms with Gasteiger partial charge in [-0.25, -0.2) is 4.79 Å². The Balaban J connectivity index is 2.47. The predicted octanol–water partition coefficient (Wildman–Crippen LogP) is 1.82. The Labute approximate surface area is 115 Å². The van der Waals surface area contributed by atoms with E-state index in [1.165, 1.54) is 11.3 Å². The van der Waals surface area contributed by atoms with Crippen LogP contribution in [0.3, 0.4) is 0 Å². The quantitative estimate of drug-likeness (QED) is 0.919. The second kappa shape index (κ2) is 5.30. The Morgan fingerprint density at radius 2 is 2.26 bits per heavy atom. The highest BCUT2D eigenvalue weighted by Gasteiger charge is 2.43. The van der Waals surface area contributed by atoms with Gasteiger partial charge in [0.2, 0.25) is 5.91 Å². The first-order valence-electron chi connectivity index (χ1n) is 6.13. The van der Waals surface area contributed by atoms with Crippen molar-refractivity contribution in [3.05, 3.63) is 21.9 Å². The third-order valence-corrected chi connectivity index (χ3v) is 4.32. The van der Waals surface area contributed by atoms with Crippen LogP contribution >= 0.6 is 11.3 Å². The van der Waals surface area contributed by atoms with E-state index < -0.39 is 18.1 Å². The van der Waals surface area contributed by atoms with E-state index in [9.17, 15) is 14.7 Å². The van der Waals surface area contributed by atoms with Gasteiger partial charge in [-0.3, -0.25) is 4.79 Å². The number of thiophene rings is 1. The van der Waals surface area contributed by atoms with Crippen LogP contribution < -0.4 is 0 Å². The Kier molecular flexibility index (Phi) is 3.91. The van der Waals surface area contributed by atoms with Crippen LogP contribution in [0, 0.1) is 6.92 Å². The van der Waals surface area contributed by atoms with Crippen LogP contribution in [0.25, 0.3) is 0 Å². The first kappa shape index (κ1) is 14.0. The molecule has 0 spiro atoms. The van der Waals surface area contributed by atoms with Crippen molar-refractivity contribution in [3.8, 4) is 0 Å². The number of aryl methyl sites for hydroxylation is 1. The summed E-state index contributed by atoms with van der Waals surface area (Å²) < 4.78 is 5.24. The fraction of sp³-hybridized carbons (Fsp3) is 0.538. The summed E-state index contributed by atoms with van der Waals surface area (Å²) in [4.78, 5) is 25.9. The average Bonchev–Trinajstić information content (AvgIpc) is 2.73. The molecule has 1 N–H and O–H groups in total. The van der Waals surface area contributed by atoms with E-state index in [1.807, 2.05) is 32.2 Å². The number of carbonyl (C=O) groups excluding carboxylic acids is 1. The van der Waals surface area contributed by atoms with Crippen LogP contribution in [0.5, 0.6) is 0 Å². The van der Waals surface area contributed by atoms with Crippen molar-refractivity contribution in [1.82, 2.24) is 4.90 Å². The molecule has 1 aliphatic heterocycles. The molecule has 5 nitrogen and oxygen atoms in total. The highest BCUT2D eigenvalue weighted by Crippen LogP contribution is 2.36. The van der Waals surface area contributed by atoms with Crippen molar-refractivity contribution in [2.45, 2.75) is 39.0 Å². The van der Waals surface area contributed by atoms with Gasteiger partial charge in [0.15, 0.2) is 6.10 Å². The molecule has 0 aliphatic carbocycles. The lowest BCUT2D eigenvalue weighted by molar-refractivity contribution is -0.175. The highest BCUT2D eigenvalue weighted by atomic mass is 32.1. The minimum atomic E-state index is -1.03. The number of hydrogen-bond acceptors (Lipinski definition) is 4. The predicted molar refractivity (Wildman–Crippen MR) is 71.2 cm³/mol. The van der Waals surface area contributed by atoms with Gasteiger partial charge in [0.25, 0.3) is 0 Å². The van der Waals surface area contributed by atoms with Crippen LogP contribution in [0.15, 0.2) is 11.4 Å². The van der Waals surface area contributed by atoms with Crippen molar-refractivity contribution < 1.29 is 19.4 Å². The Bertz CT molecular complexity index is 497. The maximum absolute atomic E-state index is 12.0. The van der Waals surface area contributed by atoms with Crippen LogP contribution in [0.2, 0.25) is 0 Å². The number of ether oxygens (including phenoxy) is 1. The largest absolute Gasteiger partial charge is 0.479 e. The van der Waals surface area contributed by atoms with E-state index in [4.69, 9.17) is 4.74 Å². The van der Waals surface area contributed by atoms with Gasteiger partial charge in [-0.05, 0) is 37.8 Å². The number of aliphatic carboxylic acids is 1. The maximum atomic E-state index is 12.0. The number of carboxylic acid groups (broad SMARTS) is 1. The zero-order chi connectivity index (χ0) is 14.2. The number of rotatable bonds is 3. The summed E-state index contributed by atoms with van der Waals surface area (Å²) in [5.74, 6) is -1.19. The van der Waals surface area contributed by atoms with Gasteiger partial charge in [0.05, 0.1) is 0 Å². The first-order chi connectivity index (χ1) is 8.93. The zero-order valence-electron chi connectivity index (χ0n) is 11.1. The fourth-order valence-electron chi connectivity index (χ4n) is 2.39. The number of carboxylic acids is 1. The summed E-state index contributed by atoms with van der Waals surface area (Å²) in [7, 11) is 0. The second-order valence-electron chi connectivity index (χ2n) is 4.88. The first-order valence-corrected chi connectivity index (χ1v) is 7.01. The molecular formula is C13H17NO4S. The maximum Gasteiger partial charge on any atom is 0.335 e. The van der Waals surface area contributed by atoms with Gasteiger partial charge in [-0.15, -0.1) is 11.3 Å². The third kappa shape index (κ3) is 2.50. The molecule has 104 valence electrons. The molecule has 2 unspecified atom stereocenters. The fourth-order valence-corrected chi connectivity index (χ4v) is 3.44. The van der Waals surface area contributed by atoms with E-state index in [0.717, 1.165) is 10.4 Å². The minimum absolute atomic E-state index is 0.0650.